The highest BCUT2D eigenvalue weighted by atomic mass is 35.5. The molecule has 2 saturated heterocycles. The fourth-order valence-electron chi connectivity index (χ4n) is 3.94. The van der Waals surface area contributed by atoms with Crippen LogP contribution in [0.4, 0.5) is 0 Å². The summed E-state index contributed by atoms with van der Waals surface area (Å²) in [5.41, 5.74) is 0. The van der Waals surface area contributed by atoms with E-state index in [1.54, 1.807) is 22.6 Å². The zero-order valence-corrected chi connectivity index (χ0v) is 14.9. The van der Waals surface area contributed by atoms with Gasteiger partial charge in [-0.3, -0.25) is 4.98 Å². The Bertz CT molecular complexity index is 866. The highest BCUT2D eigenvalue weighted by Gasteiger charge is 2.37. The third-order valence-corrected chi connectivity index (χ3v) is 7.37. The molecule has 7 heteroatoms. The summed E-state index contributed by atoms with van der Waals surface area (Å²) in [4.78, 5) is 4.34. The minimum Gasteiger partial charge on any atom is -0.314 e. The van der Waals surface area contributed by atoms with Crippen molar-refractivity contribution in [3.63, 3.8) is 0 Å². The summed E-state index contributed by atoms with van der Waals surface area (Å²) in [6, 6.07) is 5.69. The smallest absolute Gasteiger partial charge is 0.243 e. The number of nitrogens with one attached hydrogen (secondary N) is 1. The Hall–Kier alpha value is -1.21. The van der Waals surface area contributed by atoms with E-state index >= 15 is 0 Å². The van der Waals surface area contributed by atoms with Crippen LogP contribution < -0.4 is 5.32 Å². The summed E-state index contributed by atoms with van der Waals surface area (Å²) in [5.74, 6) is 0.398. The van der Waals surface area contributed by atoms with Gasteiger partial charge >= 0.3 is 0 Å². The Kier molecular flexibility index (Phi) is 4.24. The first-order chi connectivity index (χ1) is 11.6. The van der Waals surface area contributed by atoms with Gasteiger partial charge in [0.2, 0.25) is 10.0 Å². The number of benzene rings is 1. The Balaban J connectivity index is 1.73. The minimum absolute atomic E-state index is 0.287. The SMILES string of the molecule is O=S(=O)(c1cccc2cncc(Cl)c12)N1CCC2NCCCC2C1. The molecule has 5 nitrogen and oxygen atoms in total. The molecule has 0 saturated carbocycles. The molecule has 1 aromatic heterocycles. The predicted octanol–water partition coefficient (Wildman–Crippen LogP) is 2.65. The second-order valence-corrected chi connectivity index (χ2v) is 8.90. The van der Waals surface area contributed by atoms with Crippen molar-refractivity contribution in [2.24, 2.45) is 5.92 Å². The fraction of sp³-hybridized carbons (Fsp3) is 0.471. The number of rotatable bonds is 2. The largest absolute Gasteiger partial charge is 0.314 e. The lowest BCUT2D eigenvalue weighted by molar-refractivity contribution is 0.171. The topological polar surface area (TPSA) is 62.3 Å². The molecule has 2 aliphatic heterocycles. The third-order valence-electron chi connectivity index (χ3n) is 5.17. The molecular weight excluding hydrogens is 346 g/mol. The van der Waals surface area contributed by atoms with Crippen molar-refractivity contribution in [2.45, 2.75) is 30.2 Å². The van der Waals surface area contributed by atoms with Crippen LogP contribution in [0.5, 0.6) is 0 Å². The summed E-state index contributed by atoms with van der Waals surface area (Å²) >= 11 is 6.26. The van der Waals surface area contributed by atoms with Crippen LogP contribution in [-0.4, -0.2) is 43.4 Å². The van der Waals surface area contributed by atoms with Crippen LogP contribution in [-0.2, 0) is 10.0 Å². The van der Waals surface area contributed by atoms with E-state index in [2.05, 4.69) is 10.3 Å². The lowest BCUT2D eigenvalue weighted by Gasteiger charge is -2.41. The van der Waals surface area contributed by atoms with Crippen LogP contribution in [0, 0.1) is 5.92 Å². The highest BCUT2D eigenvalue weighted by molar-refractivity contribution is 7.89. The molecule has 0 aliphatic carbocycles. The van der Waals surface area contributed by atoms with Crippen LogP contribution in [0.1, 0.15) is 19.3 Å². The van der Waals surface area contributed by atoms with Gasteiger partial charge in [0.15, 0.2) is 0 Å². The molecule has 2 atom stereocenters. The zero-order valence-electron chi connectivity index (χ0n) is 13.3. The molecule has 0 radical (unpaired) electrons. The van der Waals surface area contributed by atoms with Gasteiger partial charge in [-0.2, -0.15) is 4.31 Å². The molecule has 1 N–H and O–H groups in total. The minimum atomic E-state index is -3.57. The van der Waals surface area contributed by atoms with Gasteiger partial charge in [-0.1, -0.05) is 23.7 Å². The van der Waals surface area contributed by atoms with Crippen LogP contribution in [0.2, 0.25) is 5.02 Å². The lowest BCUT2D eigenvalue weighted by Crippen LogP contribution is -2.53. The first-order valence-corrected chi connectivity index (χ1v) is 10.1. The Morgan fingerprint density at radius 1 is 1.25 bits per heavy atom. The standard InChI is InChI=1S/C17H20ClN3O2S/c18-14-10-19-9-12-3-1-5-16(17(12)14)24(22,23)21-8-6-15-13(11-21)4-2-7-20-15/h1,3,5,9-10,13,15,20H,2,4,6-8,11H2. The van der Waals surface area contributed by atoms with Gasteiger partial charge < -0.3 is 5.32 Å². The average molecular weight is 366 g/mol. The van der Waals surface area contributed by atoms with Gasteiger partial charge in [0.25, 0.3) is 0 Å². The number of hydrogen-bond acceptors (Lipinski definition) is 4. The number of nitrogens with zero attached hydrogens (tertiary/aromatic N) is 2. The number of pyridine rings is 1. The van der Waals surface area contributed by atoms with E-state index in [4.69, 9.17) is 11.6 Å². The maximum absolute atomic E-state index is 13.3. The monoisotopic (exact) mass is 365 g/mol. The number of piperidine rings is 2. The summed E-state index contributed by atoms with van der Waals surface area (Å²) < 4.78 is 28.1. The molecule has 1 aromatic carbocycles. The number of halogens is 1. The van der Waals surface area contributed by atoms with E-state index in [1.807, 2.05) is 6.07 Å². The van der Waals surface area contributed by atoms with E-state index in [1.165, 1.54) is 6.20 Å². The normalized spacial score (nSPS) is 25.5. The highest BCUT2D eigenvalue weighted by Crippen LogP contribution is 2.33. The van der Waals surface area contributed by atoms with E-state index in [9.17, 15) is 8.42 Å². The van der Waals surface area contributed by atoms with Crippen molar-refractivity contribution in [3.8, 4) is 0 Å². The van der Waals surface area contributed by atoms with Gasteiger partial charge in [0.05, 0.1) is 9.92 Å². The molecule has 2 aliphatic rings. The van der Waals surface area contributed by atoms with Crippen molar-refractivity contribution in [3.05, 3.63) is 35.6 Å². The molecule has 4 rings (SSSR count). The van der Waals surface area contributed by atoms with Gasteiger partial charge in [0.1, 0.15) is 0 Å². The number of sulfonamides is 1. The molecule has 2 unspecified atom stereocenters. The first-order valence-electron chi connectivity index (χ1n) is 8.33. The number of fused-ring (bicyclic) bond motifs is 2. The molecule has 0 spiro atoms. The maximum atomic E-state index is 13.3. The van der Waals surface area contributed by atoms with E-state index in [0.717, 1.165) is 31.2 Å². The predicted molar refractivity (Wildman–Crippen MR) is 94.6 cm³/mol. The van der Waals surface area contributed by atoms with E-state index < -0.39 is 10.0 Å². The molecular formula is C17H20ClN3O2S. The van der Waals surface area contributed by atoms with Crippen LogP contribution in [0.25, 0.3) is 10.8 Å². The first kappa shape index (κ1) is 16.3. The molecule has 2 aromatic rings. The van der Waals surface area contributed by atoms with Crippen LogP contribution >= 0.6 is 11.6 Å². The average Bonchev–Trinajstić information content (AvgIpc) is 2.61. The Morgan fingerprint density at radius 2 is 2.12 bits per heavy atom. The van der Waals surface area contributed by atoms with Crippen molar-refractivity contribution >= 4 is 32.4 Å². The molecule has 24 heavy (non-hydrogen) atoms. The summed E-state index contributed by atoms with van der Waals surface area (Å²) in [5, 5.41) is 5.21. The van der Waals surface area contributed by atoms with Crippen LogP contribution in [0.15, 0.2) is 35.5 Å². The van der Waals surface area contributed by atoms with Gasteiger partial charge in [0, 0.05) is 42.3 Å². The molecule has 3 heterocycles. The lowest BCUT2D eigenvalue weighted by atomic mass is 9.86. The summed E-state index contributed by atoms with van der Waals surface area (Å²) in [6.45, 7) is 2.18. The summed E-state index contributed by atoms with van der Waals surface area (Å²) in [6.07, 6.45) is 6.21. The van der Waals surface area contributed by atoms with E-state index in [0.29, 0.717) is 35.5 Å². The summed E-state index contributed by atoms with van der Waals surface area (Å²) in [7, 11) is -3.57. The van der Waals surface area contributed by atoms with Crippen molar-refractivity contribution in [1.29, 1.82) is 0 Å². The molecule has 2 fully saturated rings. The maximum Gasteiger partial charge on any atom is 0.243 e. The van der Waals surface area contributed by atoms with E-state index in [-0.39, 0.29) is 4.90 Å². The van der Waals surface area contributed by atoms with Crippen molar-refractivity contribution in [2.75, 3.05) is 19.6 Å². The Labute approximate surface area is 147 Å². The van der Waals surface area contributed by atoms with Crippen molar-refractivity contribution < 1.29 is 8.42 Å². The zero-order chi connectivity index (χ0) is 16.7. The molecule has 0 bridgehead atoms. The third kappa shape index (κ3) is 2.71. The van der Waals surface area contributed by atoms with Gasteiger partial charge in [-0.25, -0.2) is 8.42 Å². The quantitative estimate of drug-likeness (QED) is 0.888. The molecule has 128 valence electrons. The second kappa shape index (κ2) is 6.26. The molecule has 0 amide bonds. The fourth-order valence-corrected chi connectivity index (χ4v) is 6.01. The Morgan fingerprint density at radius 3 is 3.00 bits per heavy atom. The number of hydrogen-bond donors (Lipinski definition) is 1. The van der Waals surface area contributed by atoms with Crippen molar-refractivity contribution in [1.82, 2.24) is 14.6 Å². The second-order valence-electron chi connectivity index (χ2n) is 6.59. The van der Waals surface area contributed by atoms with Crippen LogP contribution in [0.3, 0.4) is 0 Å². The van der Waals surface area contributed by atoms with Gasteiger partial charge in [-0.05, 0) is 37.8 Å². The van der Waals surface area contributed by atoms with Gasteiger partial charge in [-0.15, -0.1) is 0 Å². The number of aromatic nitrogens is 1.